The predicted molar refractivity (Wildman–Crippen MR) is 127 cm³/mol. The number of hydrogen-bond acceptors (Lipinski definition) is 9. The Morgan fingerprint density at radius 2 is 1.56 bits per heavy atom. The molecule has 3 aromatic rings. The van der Waals surface area contributed by atoms with Gasteiger partial charge in [0.1, 0.15) is 22.3 Å². The van der Waals surface area contributed by atoms with Crippen molar-refractivity contribution in [3.63, 3.8) is 0 Å². The first kappa shape index (κ1) is 25.5. The summed E-state index contributed by atoms with van der Waals surface area (Å²) in [5.74, 6) is -0.858. The molecule has 182 valence electrons. The van der Waals surface area contributed by atoms with E-state index in [9.17, 15) is 38.7 Å². The van der Waals surface area contributed by atoms with Crippen LogP contribution < -0.4 is 9.50 Å². The Bertz CT molecular complexity index is 1520. The first-order chi connectivity index (χ1) is 17.0. The SMILES string of the molecule is Cc1ccc([N+](=O)[O-])cc1NC(=O)/C(C#N)=C/c1ccc(OS(=O)(=O)c2ccc([N+](=O)[O-])cc2)cc1. The van der Waals surface area contributed by atoms with E-state index in [4.69, 9.17) is 4.18 Å². The minimum absolute atomic E-state index is 0.0688. The average molecular weight is 508 g/mol. The molecule has 0 radical (unpaired) electrons. The summed E-state index contributed by atoms with van der Waals surface area (Å²) in [7, 11) is -4.26. The summed E-state index contributed by atoms with van der Waals surface area (Å²) in [4.78, 5) is 32.7. The number of carbonyl (C=O) groups is 1. The van der Waals surface area contributed by atoms with Gasteiger partial charge in [0, 0.05) is 24.3 Å². The third-order valence-electron chi connectivity index (χ3n) is 4.78. The van der Waals surface area contributed by atoms with Crippen LogP contribution in [-0.2, 0) is 14.9 Å². The van der Waals surface area contributed by atoms with E-state index in [1.807, 2.05) is 0 Å². The van der Waals surface area contributed by atoms with Crippen molar-refractivity contribution in [3.8, 4) is 11.8 Å². The van der Waals surface area contributed by atoms with Gasteiger partial charge in [-0.05, 0) is 48.4 Å². The molecular formula is C23H16N4O8S. The monoisotopic (exact) mass is 508 g/mol. The van der Waals surface area contributed by atoms with E-state index in [0.717, 1.165) is 24.3 Å². The Labute approximate surface area is 204 Å². The summed E-state index contributed by atoms with van der Waals surface area (Å²) in [5, 5.41) is 33.6. The molecular weight excluding hydrogens is 492 g/mol. The van der Waals surface area contributed by atoms with Gasteiger partial charge in [0.05, 0.1) is 15.5 Å². The van der Waals surface area contributed by atoms with Crippen LogP contribution in [0, 0.1) is 38.5 Å². The van der Waals surface area contributed by atoms with E-state index in [0.29, 0.717) is 11.1 Å². The van der Waals surface area contributed by atoms with Gasteiger partial charge in [-0.15, -0.1) is 0 Å². The summed E-state index contributed by atoms with van der Waals surface area (Å²) in [5.41, 5.74) is 0.309. The van der Waals surface area contributed by atoms with Crippen LogP contribution in [0.1, 0.15) is 11.1 Å². The van der Waals surface area contributed by atoms with Gasteiger partial charge >= 0.3 is 10.1 Å². The van der Waals surface area contributed by atoms with E-state index in [-0.39, 0.29) is 33.3 Å². The molecule has 3 rings (SSSR count). The largest absolute Gasteiger partial charge is 0.379 e. The highest BCUT2D eigenvalue weighted by atomic mass is 32.2. The molecule has 0 aliphatic carbocycles. The van der Waals surface area contributed by atoms with Crippen LogP contribution in [0.25, 0.3) is 6.08 Å². The molecule has 12 nitrogen and oxygen atoms in total. The van der Waals surface area contributed by atoms with Crippen LogP contribution in [-0.4, -0.2) is 24.2 Å². The Balaban J connectivity index is 1.75. The predicted octanol–water partition coefficient (Wildman–Crippen LogP) is 4.12. The smallest absolute Gasteiger partial charge is 0.339 e. The standard InChI is InChI=1S/C23H16N4O8S/c1-15-2-5-19(27(31)32)13-22(15)25-23(28)17(14-24)12-16-3-8-20(9-4-16)35-36(33,34)21-10-6-18(7-11-21)26(29)30/h2-13H,1H3,(H,25,28)/b17-12+. The lowest BCUT2D eigenvalue weighted by molar-refractivity contribution is -0.385. The maximum absolute atomic E-state index is 12.5. The molecule has 0 saturated carbocycles. The Morgan fingerprint density at radius 1 is 0.972 bits per heavy atom. The summed E-state index contributed by atoms with van der Waals surface area (Å²) in [6.45, 7) is 1.64. The zero-order chi connectivity index (χ0) is 26.5. The van der Waals surface area contributed by atoms with Crippen molar-refractivity contribution in [3.05, 3.63) is 104 Å². The summed E-state index contributed by atoms with van der Waals surface area (Å²) in [6, 6.07) is 15.3. The van der Waals surface area contributed by atoms with Crippen molar-refractivity contribution in [1.82, 2.24) is 0 Å². The average Bonchev–Trinajstić information content (AvgIpc) is 2.84. The van der Waals surface area contributed by atoms with E-state index >= 15 is 0 Å². The number of hydrogen-bond donors (Lipinski definition) is 1. The Hall–Kier alpha value is -5.09. The molecule has 0 aromatic heterocycles. The van der Waals surface area contributed by atoms with Crippen molar-refractivity contribution in [2.75, 3.05) is 5.32 Å². The molecule has 1 N–H and O–H groups in total. The molecule has 1 amide bonds. The van der Waals surface area contributed by atoms with Gasteiger partial charge in [0.15, 0.2) is 0 Å². The van der Waals surface area contributed by atoms with Gasteiger partial charge in [-0.2, -0.15) is 13.7 Å². The quantitative estimate of drug-likeness (QED) is 0.154. The van der Waals surface area contributed by atoms with Crippen LogP contribution in [0.4, 0.5) is 17.1 Å². The number of nitro benzene ring substituents is 2. The first-order valence-corrected chi connectivity index (χ1v) is 11.4. The van der Waals surface area contributed by atoms with E-state index in [1.54, 1.807) is 13.0 Å². The second-order valence-corrected chi connectivity index (χ2v) is 8.78. The number of nitro groups is 2. The van der Waals surface area contributed by atoms with Gasteiger partial charge in [0.2, 0.25) is 0 Å². The van der Waals surface area contributed by atoms with Crippen LogP contribution in [0.5, 0.6) is 5.75 Å². The summed E-state index contributed by atoms with van der Waals surface area (Å²) < 4.78 is 29.8. The second kappa shape index (κ2) is 10.5. The number of nitriles is 1. The van der Waals surface area contributed by atoms with Crippen molar-refractivity contribution in [2.45, 2.75) is 11.8 Å². The van der Waals surface area contributed by atoms with Gasteiger partial charge in [-0.25, -0.2) is 0 Å². The summed E-state index contributed by atoms with van der Waals surface area (Å²) >= 11 is 0. The fraction of sp³-hybridized carbons (Fsp3) is 0.0435. The third kappa shape index (κ3) is 6.07. The fourth-order valence-electron chi connectivity index (χ4n) is 2.89. The van der Waals surface area contributed by atoms with E-state index in [2.05, 4.69) is 5.32 Å². The maximum Gasteiger partial charge on any atom is 0.339 e. The number of rotatable bonds is 8. The molecule has 0 heterocycles. The topological polar surface area (TPSA) is 183 Å². The zero-order valence-electron chi connectivity index (χ0n) is 18.4. The Morgan fingerprint density at radius 3 is 2.11 bits per heavy atom. The molecule has 0 atom stereocenters. The molecule has 0 unspecified atom stereocenters. The fourth-order valence-corrected chi connectivity index (χ4v) is 3.82. The van der Waals surface area contributed by atoms with Crippen molar-refractivity contribution >= 4 is 39.2 Å². The molecule has 0 aliphatic heterocycles. The van der Waals surface area contributed by atoms with Crippen molar-refractivity contribution in [1.29, 1.82) is 5.26 Å². The van der Waals surface area contributed by atoms with Crippen LogP contribution in [0.2, 0.25) is 0 Å². The molecule has 3 aromatic carbocycles. The summed E-state index contributed by atoms with van der Waals surface area (Å²) in [6.07, 6.45) is 1.25. The van der Waals surface area contributed by atoms with Crippen LogP contribution >= 0.6 is 0 Å². The van der Waals surface area contributed by atoms with E-state index in [1.165, 1.54) is 48.5 Å². The molecule has 0 aliphatic rings. The number of carbonyl (C=O) groups excluding carboxylic acids is 1. The minimum atomic E-state index is -4.26. The third-order valence-corrected chi connectivity index (χ3v) is 6.04. The lowest BCUT2D eigenvalue weighted by Crippen LogP contribution is -2.14. The van der Waals surface area contributed by atoms with Crippen molar-refractivity contribution < 1.29 is 27.2 Å². The lowest BCUT2D eigenvalue weighted by Gasteiger charge is -2.08. The minimum Gasteiger partial charge on any atom is -0.379 e. The number of non-ortho nitro benzene ring substituents is 2. The van der Waals surface area contributed by atoms with Crippen LogP contribution in [0.3, 0.4) is 0 Å². The zero-order valence-corrected chi connectivity index (χ0v) is 19.3. The molecule has 0 spiro atoms. The number of nitrogens with zero attached hydrogens (tertiary/aromatic N) is 3. The molecule has 0 bridgehead atoms. The number of amides is 1. The van der Waals surface area contributed by atoms with Gasteiger partial charge in [-0.3, -0.25) is 25.0 Å². The van der Waals surface area contributed by atoms with Crippen LogP contribution in [0.15, 0.2) is 77.2 Å². The number of nitrogens with one attached hydrogen (secondary N) is 1. The van der Waals surface area contributed by atoms with Gasteiger partial charge < -0.3 is 9.50 Å². The highest BCUT2D eigenvalue weighted by Gasteiger charge is 2.19. The Kier molecular flexibility index (Phi) is 7.41. The normalized spacial score (nSPS) is 11.3. The molecule has 13 heteroatoms. The van der Waals surface area contributed by atoms with Crippen molar-refractivity contribution in [2.24, 2.45) is 0 Å². The second-order valence-electron chi connectivity index (χ2n) is 7.24. The van der Waals surface area contributed by atoms with E-state index < -0.39 is 25.9 Å². The maximum atomic E-state index is 12.5. The highest BCUT2D eigenvalue weighted by molar-refractivity contribution is 7.87. The lowest BCUT2D eigenvalue weighted by atomic mass is 10.1. The number of benzene rings is 3. The van der Waals surface area contributed by atoms with Gasteiger partial charge in [-0.1, -0.05) is 18.2 Å². The number of anilines is 1. The van der Waals surface area contributed by atoms with Gasteiger partial charge in [0.25, 0.3) is 17.3 Å². The molecule has 36 heavy (non-hydrogen) atoms. The molecule has 0 fully saturated rings. The first-order valence-electron chi connectivity index (χ1n) is 9.97. The number of aryl methyl sites for hydroxylation is 1. The molecule has 0 saturated heterocycles. The highest BCUT2D eigenvalue weighted by Crippen LogP contribution is 2.24.